The van der Waals surface area contributed by atoms with Crippen LogP contribution in [0, 0.1) is 0 Å². The van der Waals surface area contributed by atoms with Crippen molar-refractivity contribution in [3.8, 4) is 11.5 Å². The molecule has 9 heteroatoms. The van der Waals surface area contributed by atoms with Gasteiger partial charge in [0.25, 0.3) is 0 Å². The molecule has 0 saturated carbocycles. The van der Waals surface area contributed by atoms with Crippen molar-refractivity contribution in [2.75, 3.05) is 65.4 Å². The van der Waals surface area contributed by atoms with E-state index in [1.165, 1.54) is 0 Å². The van der Waals surface area contributed by atoms with Gasteiger partial charge in [-0.2, -0.15) is 0 Å². The highest BCUT2D eigenvalue weighted by Crippen LogP contribution is 2.25. The van der Waals surface area contributed by atoms with Crippen molar-refractivity contribution in [1.29, 1.82) is 0 Å². The summed E-state index contributed by atoms with van der Waals surface area (Å²) in [6.07, 6.45) is -0.729. The number of ether oxygens (including phenoxy) is 3. The SMILES string of the molecule is CCN(C(=O)Oc1cccc(N(C)C)c1)C(C)CN(C)C(C)c1cccc(OC(=O)N2CCOCC2)c1. The lowest BCUT2D eigenvalue weighted by molar-refractivity contribution is 0.0416. The molecule has 2 aromatic carbocycles. The van der Waals surface area contributed by atoms with Crippen LogP contribution < -0.4 is 14.4 Å². The molecule has 1 aliphatic heterocycles. The average molecular weight is 513 g/mol. The molecule has 3 rings (SSSR count). The predicted octanol–water partition coefficient (Wildman–Crippen LogP) is 4.49. The van der Waals surface area contributed by atoms with Crippen molar-refractivity contribution in [3.63, 3.8) is 0 Å². The Morgan fingerprint density at radius 3 is 2.27 bits per heavy atom. The van der Waals surface area contributed by atoms with E-state index in [1.54, 1.807) is 21.9 Å². The van der Waals surface area contributed by atoms with Crippen LogP contribution in [-0.4, -0.2) is 93.5 Å². The molecule has 37 heavy (non-hydrogen) atoms. The highest BCUT2D eigenvalue weighted by atomic mass is 16.6. The molecule has 0 aromatic heterocycles. The summed E-state index contributed by atoms with van der Waals surface area (Å²) in [7, 11) is 5.91. The normalized spacial score (nSPS) is 15.2. The number of benzene rings is 2. The number of amides is 2. The number of morpholine rings is 1. The number of nitrogens with zero attached hydrogens (tertiary/aromatic N) is 4. The maximum absolute atomic E-state index is 13.0. The molecule has 1 saturated heterocycles. The fourth-order valence-corrected chi connectivity index (χ4v) is 4.28. The van der Waals surface area contributed by atoms with Gasteiger partial charge in [0.15, 0.2) is 0 Å². The molecule has 2 aromatic rings. The van der Waals surface area contributed by atoms with Crippen molar-refractivity contribution in [2.24, 2.45) is 0 Å². The summed E-state index contributed by atoms with van der Waals surface area (Å²) < 4.78 is 16.6. The number of carbonyl (C=O) groups excluding carboxylic acids is 2. The van der Waals surface area contributed by atoms with Crippen LogP contribution in [0.25, 0.3) is 0 Å². The van der Waals surface area contributed by atoms with E-state index in [0.29, 0.717) is 50.9 Å². The summed E-state index contributed by atoms with van der Waals surface area (Å²) in [5, 5.41) is 0. The second-order valence-corrected chi connectivity index (χ2v) is 9.55. The first-order chi connectivity index (χ1) is 17.7. The van der Waals surface area contributed by atoms with Crippen LogP contribution in [0.5, 0.6) is 11.5 Å². The molecule has 2 atom stereocenters. The van der Waals surface area contributed by atoms with E-state index >= 15 is 0 Å². The van der Waals surface area contributed by atoms with Gasteiger partial charge < -0.3 is 28.9 Å². The largest absolute Gasteiger partial charge is 0.415 e. The molecule has 1 heterocycles. The van der Waals surface area contributed by atoms with Crippen LogP contribution in [0.4, 0.5) is 15.3 Å². The number of anilines is 1. The Morgan fingerprint density at radius 2 is 1.62 bits per heavy atom. The maximum atomic E-state index is 13.0. The standard InChI is InChI=1S/C28H40N4O5/c1-7-32(28(34)37-26-13-9-11-24(19-26)29(4)5)21(2)20-30(6)22(3)23-10-8-12-25(18-23)36-27(33)31-14-16-35-17-15-31/h8-13,18-19,21-22H,7,14-17,20H2,1-6H3. The first-order valence-electron chi connectivity index (χ1n) is 12.8. The topological polar surface area (TPSA) is 74.8 Å². The van der Waals surface area contributed by atoms with Gasteiger partial charge in [-0.3, -0.25) is 4.90 Å². The van der Waals surface area contributed by atoms with Gasteiger partial charge in [-0.1, -0.05) is 18.2 Å². The Morgan fingerprint density at radius 1 is 0.973 bits per heavy atom. The van der Waals surface area contributed by atoms with Gasteiger partial charge >= 0.3 is 12.2 Å². The van der Waals surface area contributed by atoms with E-state index in [0.717, 1.165) is 11.3 Å². The maximum Gasteiger partial charge on any atom is 0.415 e. The second kappa shape index (κ2) is 13.3. The van der Waals surface area contributed by atoms with Crippen molar-refractivity contribution >= 4 is 17.9 Å². The van der Waals surface area contributed by atoms with Gasteiger partial charge in [0, 0.05) is 64.1 Å². The highest BCUT2D eigenvalue weighted by molar-refractivity contribution is 5.72. The smallest absolute Gasteiger partial charge is 0.410 e. The van der Waals surface area contributed by atoms with Crippen LogP contribution in [0.1, 0.15) is 32.4 Å². The fourth-order valence-electron chi connectivity index (χ4n) is 4.28. The van der Waals surface area contributed by atoms with E-state index in [-0.39, 0.29) is 24.3 Å². The van der Waals surface area contributed by atoms with Crippen LogP contribution in [-0.2, 0) is 4.74 Å². The Labute approximate surface area is 220 Å². The predicted molar refractivity (Wildman–Crippen MR) is 145 cm³/mol. The third-order valence-corrected chi connectivity index (χ3v) is 6.67. The first kappa shape index (κ1) is 28.3. The summed E-state index contributed by atoms with van der Waals surface area (Å²) in [5.74, 6) is 1.04. The number of carbonyl (C=O) groups is 2. The lowest BCUT2D eigenvalue weighted by Crippen LogP contribution is -2.46. The minimum atomic E-state index is -0.371. The number of hydrogen-bond donors (Lipinski definition) is 0. The van der Waals surface area contributed by atoms with Gasteiger partial charge in [0.1, 0.15) is 11.5 Å². The van der Waals surface area contributed by atoms with E-state index < -0.39 is 0 Å². The summed E-state index contributed by atoms with van der Waals surface area (Å²) >= 11 is 0. The van der Waals surface area contributed by atoms with E-state index in [1.807, 2.05) is 76.3 Å². The van der Waals surface area contributed by atoms with Gasteiger partial charge in [-0.05, 0) is 57.6 Å². The number of likely N-dealkylation sites (N-methyl/N-ethyl adjacent to an activating group) is 2. The third-order valence-electron chi connectivity index (χ3n) is 6.67. The highest BCUT2D eigenvalue weighted by Gasteiger charge is 2.24. The monoisotopic (exact) mass is 512 g/mol. The quantitative estimate of drug-likeness (QED) is 0.490. The van der Waals surface area contributed by atoms with Gasteiger partial charge in [0.2, 0.25) is 0 Å². The number of rotatable bonds is 9. The van der Waals surface area contributed by atoms with E-state index in [9.17, 15) is 9.59 Å². The molecule has 1 aliphatic rings. The third kappa shape index (κ3) is 7.84. The lowest BCUT2D eigenvalue weighted by atomic mass is 10.1. The minimum absolute atomic E-state index is 0.0380. The zero-order valence-corrected chi connectivity index (χ0v) is 22.8. The minimum Gasteiger partial charge on any atom is -0.410 e. The Balaban J connectivity index is 1.59. The van der Waals surface area contributed by atoms with Gasteiger partial charge in [-0.15, -0.1) is 0 Å². The fraction of sp³-hybridized carbons (Fsp3) is 0.500. The Hall–Kier alpha value is -3.30. The lowest BCUT2D eigenvalue weighted by Gasteiger charge is -2.33. The van der Waals surface area contributed by atoms with Gasteiger partial charge in [-0.25, -0.2) is 9.59 Å². The Bertz CT molecular complexity index is 1040. The zero-order valence-electron chi connectivity index (χ0n) is 22.8. The Kier molecular flexibility index (Phi) is 10.2. The molecule has 2 unspecified atom stereocenters. The molecule has 202 valence electrons. The molecular formula is C28H40N4O5. The first-order valence-corrected chi connectivity index (χ1v) is 12.8. The van der Waals surface area contributed by atoms with E-state index in [2.05, 4.69) is 11.8 Å². The van der Waals surface area contributed by atoms with Crippen molar-refractivity contribution in [1.82, 2.24) is 14.7 Å². The molecule has 2 amide bonds. The molecule has 0 N–H and O–H groups in total. The van der Waals surface area contributed by atoms with E-state index in [4.69, 9.17) is 14.2 Å². The van der Waals surface area contributed by atoms with Crippen LogP contribution in [0.3, 0.4) is 0 Å². The van der Waals surface area contributed by atoms with Crippen molar-refractivity contribution < 1.29 is 23.8 Å². The molecule has 0 aliphatic carbocycles. The molecule has 0 bridgehead atoms. The summed E-state index contributed by atoms with van der Waals surface area (Å²) in [5.41, 5.74) is 1.99. The van der Waals surface area contributed by atoms with Gasteiger partial charge in [0.05, 0.1) is 13.2 Å². The molecule has 0 spiro atoms. The second-order valence-electron chi connectivity index (χ2n) is 9.55. The van der Waals surface area contributed by atoms with Crippen LogP contribution >= 0.6 is 0 Å². The van der Waals surface area contributed by atoms with Crippen molar-refractivity contribution in [3.05, 3.63) is 54.1 Å². The zero-order chi connectivity index (χ0) is 26.9. The molecule has 9 nitrogen and oxygen atoms in total. The summed E-state index contributed by atoms with van der Waals surface area (Å²) in [6.45, 7) is 9.35. The average Bonchev–Trinajstić information content (AvgIpc) is 2.89. The molecule has 1 fully saturated rings. The summed E-state index contributed by atoms with van der Waals surface area (Å²) in [4.78, 5) is 33.0. The van der Waals surface area contributed by atoms with Crippen LogP contribution in [0.15, 0.2) is 48.5 Å². The molecular weight excluding hydrogens is 472 g/mol. The molecule has 0 radical (unpaired) electrons. The van der Waals surface area contributed by atoms with Crippen molar-refractivity contribution in [2.45, 2.75) is 32.9 Å². The van der Waals surface area contributed by atoms with Crippen LogP contribution in [0.2, 0.25) is 0 Å². The summed E-state index contributed by atoms with van der Waals surface area (Å²) in [6, 6.07) is 15.0. The number of hydrogen-bond acceptors (Lipinski definition) is 7.